The van der Waals surface area contributed by atoms with E-state index in [4.69, 9.17) is 5.73 Å². The predicted molar refractivity (Wildman–Crippen MR) is 94.6 cm³/mol. The summed E-state index contributed by atoms with van der Waals surface area (Å²) in [5.74, 6) is 1.18. The average Bonchev–Trinajstić information content (AvgIpc) is 2.83. The second-order valence-corrected chi connectivity index (χ2v) is 7.41. The van der Waals surface area contributed by atoms with Gasteiger partial charge in [0.1, 0.15) is 5.82 Å². The highest BCUT2D eigenvalue weighted by Crippen LogP contribution is 2.22. The minimum Gasteiger partial charge on any atom is -0.382 e. The van der Waals surface area contributed by atoms with Gasteiger partial charge < -0.3 is 10.6 Å². The van der Waals surface area contributed by atoms with Crippen LogP contribution in [-0.4, -0.2) is 38.8 Å². The lowest BCUT2D eigenvalue weighted by Crippen LogP contribution is -2.33. The van der Waals surface area contributed by atoms with Crippen LogP contribution in [0.5, 0.6) is 0 Å². The van der Waals surface area contributed by atoms with Crippen molar-refractivity contribution in [1.29, 1.82) is 0 Å². The number of aromatic nitrogens is 3. The van der Waals surface area contributed by atoms with Crippen molar-refractivity contribution in [3.8, 4) is 0 Å². The number of thiazole rings is 1. The molecule has 1 aliphatic rings. The van der Waals surface area contributed by atoms with E-state index in [1.807, 2.05) is 17.2 Å². The van der Waals surface area contributed by atoms with Gasteiger partial charge >= 0.3 is 0 Å². The van der Waals surface area contributed by atoms with Gasteiger partial charge in [-0.3, -0.25) is 9.78 Å². The van der Waals surface area contributed by atoms with Crippen LogP contribution in [0.4, 0.5) is 5.82 Å². The molecule has 2 N–H and O–H groups in total. The maximum atomic E-state index is 12.5. The van der Waals surface area contributed by atoms with Crippen molar-refractivity contribution in [3.05, 3.63) is 34.2 Å². The molecular weight excluding hydrogens is 322 g/mol. The molecule has 1 fully saturated rings. The number of amides is 1. The van der Waals surface area contributed by atoms with Crippen LogP contribution >= 0.6 is 11.3 Å². The lowest BCUT2D eigenvalue weighted by atomic mass is 9.95. The molecule has 2 aromatic heterocycles. The largest absolute Gasteiger partial charge is 0.382 e. The molecule has 0 radical (unpaired) electrons. The molecule has 6 nitrogen and oxygen atoms in total. The van der Waals surface area contributed by atoms with E-state index in [1.165, 1.54) is 0 Å². The number of aryl methyl sites for hydroxylation is 1. The maximum Gasteiger partial charge on any atom is 0.228 e. The molecule has 3 rings (SSSR count). The summed E-state index contributed by atoms with van der Waals surface area (Å²) in [6.45, 7) is 3.62. The van der Waals surface area contributed by atoms with Gasteiger partial charge in [0.05, 0.1) is 35.2 Å². The SMILES string of the molecule is Cc1nc(CC(=O)N2CCC[C@@H](Cc3cnc(N)cn3)CC2)cs1. The monoisotopic (exact) mass is 345 g/mol. The number of hydrogen-bond donors (Lipinski definition) is 1. The Morgan fingerprint density at radius 1 is 1.29 bits per heavy atom. The van der Waals surface area contributed by atoms with Crippen LogP contribution in [0, 0.1) is 12.8 Å². The van der Waals surface area contributed by atoms with E-state index in [0.29, 0.717) is 18.2 Å². The summed E-state index contributed by atoms with van der Waals surface area (Å²) in [6, 6.07) is 0. The molecule has 0 bridgehead atoms. The van der Waals surface area contributed by atoms with Crippen LogP contribution in [0.25, 0.3) is 0 Å². The molecule has 128 valence electrons. The summed E-state index contributed by atoms with van der Waals surface area (Å²) in [6.07, 6.45) is 7.85. The van der Waals surface area contributed by atoms with Crippen LogP contribution in [0.1, 0.15) is 35.7 Å². The van der Waals surface area contributed by atoms with Crippen LogP contribution in [0.2, 0.25) is 0 Å². The van der Waals surface area contributed by atoms with E-state index in [0.717, 1.165) is 55.2 Å². The molecule has 0 saturated carbocycles. The number of nitrogens with zero attached hydrogens (tertiary/aromatic N) is 4. The Morgan fingerprint density at radius 2 is 2.17 bits per heavy atom. The lowest BCUT2D eigenvalue weighted by molar-refractivity contribution is -0.130. The smallest absolute Gasteiger partial charge is 0.228 e. The summed E-state index contributed by atoms with van der Waals surface area (Å²) < 4.78 is 0. The second kappa shape index (κ2) is 7.70. The zero-order valence-corrected chi connectivity index (χ0v) is 14.8. The van der Waals surface area contributed by atoms with Crippen LogP contribution in [-0.2, 0) is 17.6 Å². The molecule has 2 aromatic rings. The number of nitrogen functional groups attached to an aromatic ring is 1. The molecule has 7 heteroatoms. The average molecular weight is 345 g/mol. The quantitative estimate of drug-likeness (QED) is 0.918. The van der Waals surface area contributed by atoms with Crippen LogP contribution < -0.4 is 5.73 Å². The van der Waals surface area contributed by atoms with Gasteiger partial charge in [-0.2, -0.15) is 0 Å². The molecule has 3 heterocycles. The molecular formula is C17H23N5OS. The zero-order chi connectivity index (χ0) is 16.9. The third-order valence-corrected chi connectivity index (χ3v) is 5.24. The van der Waals surface area contributed by atoms with E-state index < -0.39 is 0 Å². The van der Waals surface area contributed by atoms with Gasteiger partial charge in [-0.1, -0.05) is 0 Å². The number of hydrogen-bond acceptors (Lipinski definition) is 6. The molecule has 1 aliphatic heterocycles. The van der Waals surface area contributed by atoms with E-state index in [2.05, 4.69) is 15.0 Å². The van der Waals surface area contributed by atoms with E-state index in [1.54, 1.807) is 23.7 Å². The van der Waals surface area contributed by atoms with E-state index in [-0.39, 0.29) is 5.91 Å². The fraction of sp³-hybridized carbons (Fsp3) is 0.529. The Hall–Kier alpha value is -2.02. The van der Waals surface area contributed by atoms with Crippen LogP contribution in [0.3, 0.4) is 0 Å². The summed E-state index contributed by atoms with van der Waals surface area (Å²) in [4.78, 5) is 27.3. The number of carbonyl (C=O) groups excluding carboxylic acids is 1. The Morgan fingerprint density at radius 3 is 2.88 bits per heavy atom. The maximum absolute atomic E-state index is 12.5. The first-order chi connectivity index (χ1) is 11.6. The summed E-state index contributed by atoms with van der Waals surface area (Å²) in [5, 5.41) is 2.99. The van der Waals surface area contributed by atoms with Gasteiger partial charge in [-0.15, -0.1) is 11.3 Å². The molecule has 1 saturated heterocycles. The van der Waals surface area contributed by atoms with Crippen molar-refractivity contribution in [2.45, 2.75) is 39.0 Å². The molecule has 0 aromatic carbocycles. The van der Waals surface area contributed by atoms with Crippen molar-refractivity contribution in [3.63, 3.8) is 0 Å². The van der Waals surface area contributed by atoms with Gasteiger partial charge in [-0.25, -0.2) is 9.97 Å². The van der Waals surface area contributed by atoms with Gasteiger partial charge in [0.15, 0.2) is 0 Å². The summed E-state index contributed by atoms with van der Waals surface area (Å²) in [5.41, 5.74) is 7.45. The summed E-state index contributed by atoms with van der Waals surface area (Å²) in [7, 11) is 0. The Bertz CT molecular complexity index is 685. The van der Waals surface area contributed by atoms with E-state index in [9.17, 15) is 4.79 Å². The summed E-state index contributed by atoms with van der Waals surface area (Å²) >= 11 is 1.60. The van der Waals surface area contributed by atoms with Crippen molar-refractivity contribution >= 4 is 23.1 Å². The minimum atomic E-state index is 0.188. The topological polar surface area (TPSA) is 85.0 Å². The lowest BCUT2D eigenvalue weighted by Gasteiger charge is -2.20. The molecule has 24 heavy (non-hydrogen) atoms. The Kier molecular flexibility index (Phi) is 5.40. The molecule has 1 amide bonds. The van der Waals surface area contributed by atoms with Crippen molar-refractivity contribution in [2.75, 3.05) is 18.8 Å². The number of nitrogens with two attached hydrogens (primary N) is 1. The Balaban J connectivity index is 1.52. The highest BCUT2D eigenvalue weighted by molar-refractivity contribution is 7.09. The highest BCUT2D eigenvalue weighted by Gasteiger charge is 2.21. The second-order valence-electron chi connectivity index (χ2n) is 6.35. The third-order valence-electron chi connectivity index (χ3n) is 4.42. The first kappa shape index (κ1) is 16.8. The predicted octanol–water partition coefficient (Wildman–Crippen LogP) is 2.24. The Labute approximate surface area is 146 Å². The highest BCUT2D eigenvalue weighted by atomic mass is 32.1. The number of carbonyl (C=O) groups is 1. The minimum absolute atomic E-state index is 0.188. The van der Waals surface area contributed by atoms with Crippen molar-refractivity contribution < 1.29 is 4.79 Å². The standard InChI is InChI=1S/C17H23N5OS/c1-12-21-15(11-24-12)8-17(23)22-5-2-3-13(4-6-22)7-14-9-20-16(18)10-19-14/h9-11,13H,2-8H2,1H3,(H2,18,20)/t13-/m1/s1. The first-order valence-corrected chi connectivity index (χ1v) is 9.23. The van der Waals surface area contributed by atoms with E-state index >= 15 is 0 Å². The first-order valence-electron chi connectivity index (χ1n) is 8.35. The van der Waals surface area contributed by atoms with Gasteiger partial charge in [0.2, 0.25) is 5.91 Å². The zero-order valence-electron chi connectivity index (χ0n) is 13.9. The van der Waals surface area contributed by atoms with Crippen molar-refractivity contribution in [1.82, 2.24) is 19.9 Å². The molecule has 0 unspecified atom stereocenters. The van der Waals surface area contributed by atoms with Gasteiger partial charge in [0.25, 0.3) is 0 Å². The normalized spacial score (nSPS) is 18.4. The third kappa shape index (κ3) is 4.50. The number of rotatable bonds is 4. The fourth-order valence-electron chi connectivity index (χ4n) is 3.14. The number of anilines is 1. The van der Waals surface area contributed by atoms with Crippen molar-refractivity contribution in [2.24, 2.45) is 5.92 Å². The van der Waals surface area contributed by atoms with Gasteiger partial charge in [-0.05, 0) is 38.5 Å². The fourth-order valence-corrected chi connectivity index (χ4v) is 3.75. The van der Waals surface area contributed by atoms with Gasteiger partial charge in [0, 0.05) is 18.5 Å². The molecule has 0 spiro atoms. The number of likely N-dealkylation sites (tertiary alicyclic amines) is 1. The molecule has 0 aliphatic carbocycles. The molecule has 1 atom stereocenters. The van der Waals surface area contributed by atoms with Crippen LogP contribution in [0.15, 0.2) is 17.8 Å².